The fourth-order valence-corrected chi connectivity index (χ4v) is 0.348. The molecule has 0 N–H and O–H groups in total. The van der Waals surface area contributed by atoms with E-state index in [1.807, 2.05) is 6.92 Å². The lowest BCUT2D eigenvalue weighted by Gasteiger charge is -1.82. The van der Waals surface area contributed by atoms with Gasteiger partial charge in [-0.15, -0.1) is 0 Å². The Bertz CT molecular complexity index is 86.1. The maximum absolute atomic E-state index is 9.68. The van der Waals surface area contributed by atoms with E-state index in [0.29, 0.717) is 0 Å². The van der Waals surface area contributed by atoms with Crippen molar-refractivity contribution in [2.75, 3.05) is 5.33 Å². The molecule has 40 valence electrons. The summed E-state index contributed by atoms with van der Waals surface area (Å²) in [7, 11) is 0. The van der Waals surface area contributed by atoms with E-state index < -0.39 is 0 Å². The first-order valence-corrected chi connectivity index (χ1v) is 3.10. The molecule has 0 aliphatic carbocycles. The van der Waals surface area contributed by atoms with Gasteiger partial charge in [-0.3, -0.25) is 4.79 Å². The highest BCUT2D eigenvalue weighted by Gasteiger charge is 1.78. The molecule has 0 aromatic rings. The van der Waals surface area contributed by atoms with Crippen LogP contribution in [0.1, 0.15) is 6.92 Å². The van der Waals surface area contributed by atoms with Crippen LogP contribution in [0.15, 0.2) is 11.6 Å². The first-order chi connectivity index (χ1) is 3.31. The summed E-state index contributed by atoms with van der Waals surface area (Å²) >= 11 is 3.19. The highest BCUT2D eigenvalue weighted by atomic mass is 79.9. The molecule has 7 heavy (non-hydrogen) atoms. The van der Waals surface area contributed by atoms with E-state index >= 15 is 0 Å². The Morgan fingerprint density at radius 2 is 2.43 bits per heavy atom. The Labute approximate surface area is 51.5 Å². The minimum absolute atomic E-state index is 0.783. The molecule has 0 fully saturated rings. The summed E-state index contributed by atoms with van der Waals surface area (Å²) in [6.45, 7) is 1.89. The van der Waals surface area contributed by atoms with Gasteiger partial charge in [0.2, 0.25) is 0 Å². The number of hydrogen-bond acceptors (Lipinski definition) is 1. The quantitative estimate of drug-likeness (QED) is 0.342. The van der Waals surface area contributed by atoms with Crippen molar-refractivity contribution in [1.29, 1.82) is 0 Å². The monoisotopic (exact) mass is 162 g/mol. The zero-order chi connectivity index (χ0) is 5.70. The molecule has 0 bridgehead atoms. The van der Waals surface area contributed by atoms with E-state index in [2.05, 4.69) is 15.9 Å². The van der Waals surface area contributed by atoms with E-state index in [-0.39, 0.29) is 0 Å². The van der Waals surface area contributed by atoms with Crippen LogP contribution in [0.25, 0.3) is 0 Å². The summed E-state index contributed by atoms with van der Waals surface area (Å²) in [5, 5.41) is 0.783. The molecule has 0 spiro atoms. The fourth-order valence-electron chi connectivity index (χ4n) is 0.161. The van der Waals surface area contributed by atoms with Gasteiger partial charge < -0.3 is 0 Å². The lowest BCUT2D eigenvalue weighted by atomic mass is 10.3. The third kappa shape index (κ3) is 3.73. The minimum atomic E-state index is 0.783. The molecule has 0 aromatic heterocycles. The van der Waals surface area contributed by atoms with Crippen molar-refractivity contribution in [1.82, 2.24) is 0 Å². The molecular weight excluding hydrogens is 156 g/mol. The van der Waals surface area contributed by atoms with Crippen molar-refractivity contribution in [3.05, 3.63) is 11.6 Å². The summed E-state index contributed by atoms with van der Waals surface area (Å²) in [4.78, 5) is 9.68. The van der Waals surface area contributed by atoms with Crippen molar-refractivity contribution < 1.29 is 4.79 Å². The number of alkyl halides is 1. The van der Waals surface area contributed by atoms with Crippen LogP contribution in [0.5, 0.6) is 0 Å². The minimum Gasteiger partial charge on any atom is -0.299 e. The fraction of sp³-hybridized carbons (Fsp3) is 0.400. The van der Waals surface area contributed by atoms with Crippen molar-refractivity contribution in [2.45, 2.75) is 6.92 Å². The van der Waals surface area contributed by atoms with E-state index in [1.54, 1.807) is 0 Å². The van der Waals surface area contributed by atoms with Crippen molar-refractivity contribution in [2.24, 2.45) is 0 Å². The Morgan fingerprint density at radius 3 is 2.57 bits per heavy atom. The van der Waals surface area contributed by atoms with Gasteiger partial charge in [-0.25, -0.2) is 0 Å². The summed E-state index contributed by atoms with van der Waals surface area (Å²) < 4.78 is 0. The highest BCUT2D eigenvalue weighted by Crippen LogP contribution is 1.93. The second kappa shape index (κ2) is 4.06. The lowest BCUT2D eigenvalue weighted by molar-refractivity contribution is -0.104. The number of allylic oxidation sites excluding steroid dienone is 2. The third-order valence-electron chi connectivity index (χ3n) is 0.563. The van der Waals surface area contributed by atoms with Gasteiger partial charge in [0.05, 0.1) is 0 Å². The molecule has 0 aliphatic rings. The van der Waals surface area contributed by atoms with E-state index in [0.717, 1.165) is 17.2 Å². The molecule has 2 heteroatoms. The van der Waals surface area contributed by atoms with Gasteiger partial charge in [-0.2, -0.15) is 0 Å². The molecule has 0 atom stereocenters. The second-order valence-corrected chi connectivity index (χ2v) is 1.84. The number of hydrogen-bond donors (Lipinski definition) is 0. The van der Waals surface area contributed by atoms with E-state index in [9.17, 15) is 4.79 Å². The molecule has 1 nitrogen and oxygen atoms in total. The topological polar surface area (TPSA) is 17.1 Å². The van der Waals surface area contributed by atoms with Gasteiger partial charge in [0.1, 0.15) is 6.29 Å². The lowest BCUT2D eigenvalue weighted by Crippen LogP contribution is -1.74. The van der Waals surface area contributed by atoms with Gasteiger partial charge >= 0.3 is 0 Å². The average molecular weight is 163 g/mol. The van der Waals surface area contributed by atoms with Gasteiger partial charge in [0, 0.05) is 5.33 Å². The Hall–Kier alpha value is -0.110. The van der Waals surface area contributed by atoms with Crippen LogP contribution in [0.3, 0.4) is 0 Å². The zero-order valence-electron chi connectivity index (χ0n) is 4.15. The number of carbonyl (C=O) groups excluding carboxylic acids is 1. The van der Waals surface area contributed by atoms with Crippen molar-refractivity contribution >= 4 is 22.2 Å². The smallest absolute Gasteiger partial charge is 0.142 e. The van der Waals surface area contributed by atoms with Gasteiger partial charge in [-0.05, 0) is 13.0 Å². The maximum atomic E-state index is 9.68. The molecule has 0 amide bonds. The molecule has 0 aliphatic heterocycles. The van der Waals surface area contributed by atoms with Crippen molar-refractivity contribution in [3.63, 3.8) is 0 Å². The summed E-state index contributed by atoms with van der Waals surface area (Å²) in [5.74, 6) is 0. The molecular formula is C5H7BrO. The van der Waals surface area contributed by atoms with Crippen LogP contribution in [-0.2, 0) is 4.79 Å². The normalized spacial score (nSPS) is 11.4. The number of aldehydes is 1. The largest absolute Gasteiger partial charge is 0.299 e. The van der Waals surface area contributed by atoms with Gasteiger partial charge in [0.15, 0.2) is 0 Å². The summed E-state index contributed by atoms with van der Waals surface area (Å²) in [5.41, 5.74) is 1.05. The number of halogens is 1. The molecule has 0 radical (unpaired) electrons. The SMILES string of the molecule is C/C(=C\C=O)CBr. The molecule has 0 saturated carbocycles. The second-order valence-electron chi connectivity index (χ2n) is 1.28. The standard InChI is InChI=1S/C5H7BrO/c1-5(4-6)2-3-7/h2-3H,4H2,1H3/b5-2+. The number of rotatable bonds is 2. The first kappa shape index (κ1) is 6.89. The maximum Gasteiger partial charge on any atom is 0.142 e. The molecule has 0 rings (SSSR count). The predicted molar refractivity (Wildman–Crippen MR) is 33.6 cm³/mol. The summed E-state index contributed by atoms with van der Waals surface area (Å²) in [6, 6.07) is 0. The Balaban J connectivity index is 3.49. The van der Waals surface area contributed by atoms with Crippen LogP contribution in [0, 0.1) is 0 Å². The Morgan fingerprint density at radius 1 is 1.86 bits per heavy atom. The van der Waals surface area contributed by atoms with Gasteiger partial charge in [-0.1, -0.05) is 21.5 Å². The molecule has 0 aromatic carbocycles. The molecule has 0 unspecified atom stereocenters. The van der Waals surface area contributed by atoms with Crippen LogP contribution in [0.4, 0.5) is 0 Å². The zero-order valence-corrected chi connectivity index (χ0v) is 5.73. The summed E-state index contributed by atoms with van der Waals surface area (Å²) in [6.07, 6.45) is 2.32. The predicted octanol–water partition coefficient (Wildman–Crippen LogP) is 1.53. The van der Waals surface area contributed by atoms with E-state index in [4.69, 9.17) is 0 Å². The molecule has 0 heterocycles. The van der Waals surface area contributed by atoms with Crippen LogP contribution < -0.4 is 0 Å². The van der Waals surface area contributed by atoms with Crippen LogP contribution in [0.2, 0.25) is 0 Å². The van der Waals surface area contributed by atoms with Crippen LogP contribution >= 0.6 is 15.9 Å². The third-order valence-corrected chi connectivity index (χ3v) is 1.45. The van der Waals surface area contributed by atoms with Crippen LogP contribution in [-0.4, -0.2) is 11.6 Å². The van der Waals surface area contributed by atoms with E-state index in [1.165, 1.54) is 6.08 Å². The molecule has 0 saturated heterocycles. The Kier molecular flexibility index (Phi) is 4.00. The van der Waals surface area contributed by atoms with Gasteiger partial charge in [0.25, 0.3) is 0 Å². The highest BCUT2D eigenvalue weighted by molar-refractivity contribution is 9.09. The number of carbonyl (C=O) groups is 1. The first-order valence-electron chi connectivity index (χ1n) is 1.98. The van der Waals surface area contributed by atoms with Crippen molar-refractivity contribution in [3.8, 4) is 0 Å². The average Bonchev–Trinajstić information content (AvgIpc) is 1.68.